The molecule has 1 aromatic rings. The van der Waals surface area contributed by atoms with Crippen LogP contribution in [0.1, 0.15) is 5.56 Å². The third-order valence-electron chi connectivity index (χ3n) is 1.44. The van der Waals surface area contributed by atoms with Crippen LogP contribution >= 0.6 is 28.6 Å². The molecule has 0 bridgehead atoms. The summed E-state index contributed by atoms with van der Waals surface area (Å²) in [5.41, 5.74) is 7.52. The molecule has 0 aromatic heterocycles. The van der Waals surface area contributed by atoms with Crippen LogP contribution in [-0.2, 0) is 0 Å². The van der Waals surface area contributed by atoms with E-state index in [4.69, 9.17) is 5.73 Å². The van der Waals surface area contributed by atoms with Gasteiger partial charge in [0, 0.05) is 15.9 Å². The third kappa shape index (κ3) is 2.57. The zero-order chi connectivity index (χ0) is 8.97. The van der Waals surface area contributed by atoms with E-state index in [9.17, 15) is 0 Å². The second-order valence-corrected chi connectivity index (χ2v) is 3.59. The number of nitrogen functional groups attached to an aromatic ring is 1. The van der Waals surface area contributed by atoms with Crippen LogP contribution < -0.4 is 5.73 Å². The molecule has 1 aromatic carbocycles. The Morgan fingerprint density at radius 1 is 1.50 bits per heavy atom. The minimum Gasteiger partial charge on any atom is -0.398 e. The number of thiol groups is 1. The highest BCUT2D eigenvalue weighted by molar-refractivity contribution is 9.10. The monoisotopic (exact) mass is 243 g/mol. The van der Waals surface area contributed by atoms with Crippen LogP contribution in [-0.4, -0.2) is 5.75 Å². The first-order valence-electron chi connectivity index (χ1n) is 3.56. The highest BCUT2D eigenvalue weighted by Crippen LogP contribution is 2.20. The van der Waals surface area contributed by atoms with Gasteiger partial charge in [-0.15, -0.1) is 0 Å². The summed E-state index contributed by atoms with van der Waals surface area (Å²) in [7, 11) is 0. The van der Waals surface area contributed by atoms with Gasteiger partial charge in [0.25, 0.3) is 0 Å². The summed E-state index contributed by atoms with van der Waals surface area (Å²) in [6.07, 6.45) is 4.00. The molecule has 2 N–H and O–H groups in total. The second kappa shape index (κ2) is 4.58. The van der Waals surface area contributed by atoms with Crippen LogP contribution in [0.2, 0.25) is 0 Å². The van der Waals surface area contributed by atoms with Gasteiger partial charge in [-0.25, -0.2) is 0 Å². The Labute approximate surface area is 86.2 Å². The van der Waals surface area contributed by atoms with E-state index in [2.05, 4.69) is 28.6 Å². The Bertz CT molecular complexity index is 297. The Kier molecular flexibility index (Phi) is 3.69. The number of anilines is 1. The second-order valence-electron chi connectivity index (χ2n) is 2.37. The van der Waals surface area contributed by atoms with Gasteiger partial charge in [-0.2, -0.15) is 12.6 Å². The molecule has 64 valence electrons. The SMILES string of the molecule is Nc1ccc(C=CCS)cc1Br. The zero-order valence-electron chi connectivity index (χ0n) is 6.50. The molecule has 0 saturated heterocycles. The predicted molar refractivity (Wildman–Crippen MR) is 61.4 cm³/mol. The fourth-order valence-electron chi connectivity index (χ4n) is 0.836. The maximum atomic E-state index is 5.63. The average Bonchev–Trinajstić information content (AvgIpc) is 2.07. The van der Waals surface area contributed by atoms with Crippen molar-refractivity contribution in [3.8, 4) is 0 Å². The van der Waals surface area contributed by atoms with Crippen molar-refractivity contribution in [1.82, 2.24) is 0 Å². The van der Waals surface area contributed by atoms with Crippen LogP contribution in [0.25, 0.3) is 6.08 Å². The third-order valence-corrected chi connectivity index (χ3v) is 2.34. The maximum Gasteiger partial charge on any atom is 0.0458 e. The Morgan fingerprint density at radius 2 is 2.25 bits per heavy atom. The minimum atomic E-state index is 0.752. The van der Waals surface area contributed by atoms with Gasteiger partial charge < -0.3 is 5.73 Å². The molecule has 12 heavy (non-hydrogen) atoms. The number of hydrogen-bond acceptors (Lipinski definition) is 2. The number of nitrogens with two attached hydrogens (primary N) is 1. The molecule has 0 unspecified atom stereocenters. The lowest BCUT2D eigenvalue weighted by molar-refractivity contribution is 1.59. The van der Waals surface area contributed by atoms with E-state index in [-0.39, 0.29) is 0 Å². The first-order chi connectivity index (χ1) is 5.74. The van der Waals surface area contributed by atoms with Gasteiger partial charge in [-0.05, 0) is 33.6 Å². The van der Waals surface area contributed by atoms with Crippen molar-refractivity contribution < 1.29 is 0 Å². The zero-order valence-corrected chi connectivity index (χ0v) is 8.98. The average molecular weight is 244 g/mol. The summed E-state index contributed by atoms with van der Waals surface area (Å²) in [6.45, 7) is 0. The quantitative estimate of drug-likeness (QED) is 0.607. The number of rotatable bonds is 2. The first-order valence-corrected chi connectivity index (χ1v) is 4.99. The molecule has 3 heteroatoms. The van der Waals surface area contributed by atoms with Gasteiger partial charge in [-0.3, -0.25) is 0 Å². The lowest BCUT2D eigenvalue weighted by Crippen LogP contribution is -1.85. The summed E-state index contributed by atoms with van der Waals surface area (Å²) in [5.74, 6) is 0.752. The maximum absolute atomic E-state index is 5.63. The van der Waals surface area contributed by atoms with Crippen LogP contribution in [0, 0.1) is 0 Å². The Hall–Kier alpha value is -0.410. The van der Waals surface area contributed by atoms with Crippen molar-refractivity contribution in [3.63, 3.8) is 0 Å². The van der Waals surface area contributed by atoms with E-state index in [0.29, 0.717) is 0 Å². The summed E-state index contributed by atoms with van der Waals surface area (Å²) >= 11 is 7.43. The van der Waals surface area contributed by atoms with E-state index < -0.39 is 0 Å². The molecule has 0 aliphatic heterocycles. The van der Waals surface area contributed by atoms with E-state index in [1.54, 1.807) is 0 Å². The molecule has 0 aliphatic carbocycles. The molecule has 0 radical (unpaired) electrons. The lowest BCUT2D eigenvalue weighted by atomic mass is 10.2. The molecule has 0 saturated carbocycles. The van der Waals surface area contributed by atoms with Crippen LogP contribution in [0.4, 0.5) is 5.69 Å². The molecule has 0 atom stereocenters. The molecule has 0 spiro atoms. The van der Waals surface area contributed by atoms with Gasteiger partial charge in [0.2, 0.25) is 0 Å². The Morgan fingerprint density at radius 3 is 2.83 bits per heavy atom. The van der Waals surface area contributed by atoms with Crippen molar-refractivity contribution in [2.24, 2.45) is 0 Å². The van der Waals surface area contributed by atoms with E-state index in [1.807, 2.05) is 30.4 Å². The molecular weight excluding hydrogens is 234 g/mol. The normalized spacial score (nSPS) is 10.8. The summed E-state index contributed by atoms with van der Waals surface area (Å²) in [4.78, 5) is 0. The molecule has 0 fully saturated rings. The van der Waals surface area contributed by atoms with E-state index in [0.717, 1.165) is 21.5 Å². The van der Waals surface area contributed by atoms with Gasteiger partial charge in [0.1, 0.15) is 0 Å². The number of benzene rings is 1. The van der Waals surface area contributed by atoms with Gasteiger partial charge in [-0.1, -0.05) is 18.2 Å². The molecule has 1 rings (SSSR count). The largest absolute Gasteiger partial charge is 0.398 e. The fourth-order valence-corrected chi connectivity index (χ4v) is 1.34. The van der Waals surface area contributed by atoms with Gasteiger partial charge >= 0.3 is 0 Å². The minimum absolute atomic E-state index is 0.752. The van der Waals surface area contributed by atoms with Crippen LogP contribution in [0.15, 0.2) is 28.7 Å². The van der Waals surface area contributed by atoms with Crippen LogP contribution in [0.3, 0.4) is 0 Å². The van der Waals surface area contributed by atoms with Crippen molar-refractivity contribution in [1.29, 1.82) is 0 Å². The number of hydrogen-bond donors (Lipinski definition) is 2. The molecular formula is C9H10BrNS. The molecule has 0 aliphatic rings. The topological polar surface area (TPSA) is 26.0 Å². The fraction of sp³-hybridized carbons (Fsp3) is 0.111. The smallest absolute Gasteiger partial charge is 0.0458 e. The first kappa shape index (κ1) is 9.68. The standard InChI is InChI=1S/C9H10BrNS/c10-8-6-7(2-1-5-12)3-4-9(8)11/h1-4,6,12H,5,11H2. The van der Waals surface area contributed by atoms with Crippen molar-refractivity contribution in [3.05, 3.63) is 34.3 Å². The summed E-state index contributed by atoms with van der Waals surface area (Å²) < 4.78 is 0.934. The highest BCUT2D eigenvalue weighted by Gasteiger charge is 1.93. The van der Waals surface area contributed by atoms with Gasteiger partial charge in [0.05, 0.1) is 0 Å². The lowest BCUT2D eigenvalue weighted by Gasteiger charge is -1.98. The highest BCUT2D eigenvalue weighted by atomic mass is 79.9. The van der Waals surface area contributed by atoms with Crippen molar-refractivity contribution in [2.45, 2.75) is 0 Å². The summed E-state index contributed by atoms with van der Waals surface area (Å²) in [6, 6.07) is 5.83. The Balaban J connectivity index is 2.89. The molecule has 0 heterocycles. The van der Waals surface area contributed by atoms with E-state index >= 15 is 0 Å². The van der Waals surface area contributed by atoms with E-state index in [1.165, 1.54) is 0 Å². The predicted octanol–water partition coefficient (Wildman–Crippen LogP) is 2.97. The number of halogens is 1. The van der Waals surface area contributed by atoms with Crippen LogP contribution in [0.5, 0.6) is 0 Å². The summed E-state index contributed by atoms with van der Waals surface area (Å²) in [5, 5.41) is 0. The van der Waals surface area contributed by atoms with Crippen molar-refractivity contribution in [2.75, 3.05) is 11.5 Å². The van der Waals surface area contributed by atoms with Crippen molar-refractivity contribution >= 4 is 40.3 Å². The molecule has 1 nitrogen and oxygen atoms in total. The molecule has 0 amide bonds. The van der Waals surface area contributed by atoms with Gasteiger partial charge in [0.15, 0.2) is 0 Å².